The van der Waals surface area contributed by atoms with Crippen LogP contribution in [0.4, 0.5) is 8.78 Å². The summed E-state index contributed by atoms with van der Waals surface area (Å²) in [5.74, 6) is -1.04. The summed E-state index contributed by atoms with van der Waals surface area (Å²) >= 11 is 0. The van der Waals surface area contributed by atoms with Crippen LogP contribution < -0.4 is 11.3 Å². The van der Waals surface area contributed by atoms with Crippen LogP contribution in [0.3, 0.4) is 0 Å². The molecular weight excluding hydrogens is 182 g/mol. The van der Waals surface area contributed by atoms with Crippen LogP contribution in [0.25, 0.3) is 0 Å². The van der Waals surface area contributed by atoms with E-state index in [-0.39, 0.29) is 0 Å². The summed E-state index contributed by atoms with van der Waals surface area (Å²) in [6.45, 7) is 0. The third kappa shape index (κ3) is 1.90. The average Bonchev–Trinajstić information content (AvgIpc) is 2.03. The maximum absolute atomic E-state index is 12.2. The second-order valence-corrected chi connectivity index (χ2v) is 2.33. The van der Waals surface area contributed by atoms with E-state index in [1.54, 1.807) is 0 Å². The number of hydrogen-bond donors (Lipinski definition) is 2. The first-order valence-corrected chi connectivity index (χ1v) is 3.33. The summed E-state index contributed by atoms with van der Waals surface area (Å²) < 4.78 is 24.4. The van der Waals surface area contributed by atoms with Gasteiger partial charge in [-0.1, -0.05) is 0 Å². The van der Waals surface area contributed by atoms with Crippen molar-refractivity contribution in [1.29, 1.82) is 0 Å². The van der Waals surface area contributed by atoms with Crippen LogP contribution in [0.15, 0.2) is 17.1 Å². The fourth-order valence-corrected chi connectivity index (χ4v) is 0.877. The van der Waals surface area contributed by atoms with Gasteiger partial charge >= 0.3 is 0 Å². The molecule has 4 nitrogen and oxygen atoms in total. The Morgan fingerprint density at radius 2 is 2.15 bits per heavy atom. The van der Waals surface area contributed by atoms with Crippen LogP contribution >= 0.6 is 0 Å². The molecule has 0 saturated heterocycles. The number of carbonyl (C=O) groups is 1. The topological polar surface area (TPSA) is 76.0 Å². The lowest BCUT2D eigenvalue weighted by Crippen LogP contribution is -2.18. The van der Waals surface area contributed by atoms with Gasteiger partial charge in [0.05, 0.1) is 5.56 Å². The Kier molecular flexibility index (Phi) is 2.41. The van der Waals surface area contributed by atoms with Gasteiger partial charge in [-0.2, -0.15) is 0 Å². The van der Waals surface area contributed by atoms with Gasteiger partial charge in [-0.3, -0.25) is 9.59 Å². The molecule has 6 heteroatoms. The van der Waals surface area contributed by atoms with Crippen LogP contribution in [0.1, 0.15) is 22.3 Å². The molecule has 1 amide bonds. The Hall–Kier alpha value is -1.72. The SMILES string of the molecule is NC(=O)c1cc(=O)[nH]cc1C(F)F. The maximum Gasteiger partial charge on any atom is 0.266 e. The van der Waals surface area contributed by atoms with E-state index < -0.39 is 29.0 Å². The molecule has 0 radical (unpaired) electrons. The number of nitrogens with one attached hydrogen (secondary N) is 1. The quantitative estimate of drug-likeness (QED) is 0.705. The zero-order valence-corrected chi connectivity index (χ0v) is 6.38. The van der Waals surface area contributed by atoms with Crippen molar-refractivity contribution in [3.63, 3.8) is 0 Å². The molecule has 3 N–H and O–H groups in total. The van der Waals surface area contributed by atoms with Gasteiger partial charge < -0.3 is 10.7 Å². The van der Waals surface area contributed by atoms with Crippen molar-refractivity contribution < 1.29 is 13.6 Å². The van der Waals surface area contributed by atoms with Crippen LogP contribution in [0, 0.1) is 0 Å². The van der Waals surface area contributed by atoms with E-state index >= 15 is 0 Å². The Labute approximate surface area is 71.4 Å². The predicted octanol–water partition coefficient (Wildman–Crippen LogP) is 0.411. The average molecular weight is 188 g/mol. The number of aromatic amines is 1. The van der Waals surface area contributed by atoms with E-state index in [4.69, 9.17) is 5.73 Å². The van der Waals surface area contributed by atoms with Crippen molar-refractivity contribution in [2.24, 2.45) is 5.73 Å². The van der Waals surface area contributed by atoms with Crippen molar-refractivity contribution in [1.82, 2.24) is 4.98 Å². The fraction of sp³-hybridized carbons (Fsp3) is 0.143. The molecule has 0 fully saturated rings. The summed E-state index contributed by atoms with van der Waals surface area (Å²) in [4.78, 5) is 23.3. The minimum absolute atomic E-state index is 0.446. The third-order valence-electron chi connectivity index (χ3n) is 1.46. The van der Waals surface area contributed by atoms with E-state index in [0.717, 1.165) is 12.3 Å². The Balaban J connectivity index is 3.35. The maximum atomic E-state index is 12.2. The highest BCUT2D eigenvalue weighted by Crippen LogP contribution is 2.20. The highest BCUT2D eigenvalue weighted by Gasteiger charge is 2.16. The first kappa shape index (κ1) is 9.37. The van der Waals surface area contributed by atoms with Crippen molar-refractivity contribution in [3.8, 4) is 0 Å². The first-order chi connectivity index (χ1) is 6.02. The number of alkyl halides is 2. The van der Waals surface area contributed by atoms with Gasteiger partial charge in [0.1, 0.15) is 0 Å². The standard InChI is InChI=1S/C7H6F2N2O2/c8-6(9)4-2-11-5(12)1-3(4)7(10)13/h1-2,6H,(H2,10,13)(H,11,12). The van der Waals surface area contributed by atoms with Crippen molar-refractivity contribution in [2.75, 3.05) is 0 Å². The zero-order chi connectivity index (χ0) is 10.0. The Morgan fingerprint density at radius 1 is 1.54 bits per heavy atom. The zero-order valence-electron chi connectivity index (χ0n) is 6.38. The van der Waals surface area contributed by atoms with E-state index in [1.807, 2.05) is 4.98 Å². The van der Waals surface area contributed by atoms with Gasteiger partial charge in [-0.05, 0) is 0 Å². The molecule has 1 aromatic heterocycles. The monoisotopic (exact) mass is 188 g/mol. The van der Waals surface area contributed by atoms with Crippen LogP contribution in [0.2, 0.25) is 0 Å². The number of carbonyl (C=O) groups excluding carboxylic acids is 1. The lowest BCUT2D eigenvalue weighted by Gasteiger charge is -2.03. The second kappa shape index (κ2) is 3.34. The minimum Gasteiger partial charge on any atom is -0.366 e. The number of aromatic nitrogens is 1. The summed E-state index contributed by atoms with van der Waals surface area (Å²) in [5, 5.41) is 0. The van der Waals surface area contributed by atoms with Crippen molar-refractivity contribution in [2.45, 2.75) is 6.43 Å². The van der Waals surface area contributed by atoms with Crippen LogP contribution in [-0.4, -0.2) is 10.9 Å². The number of halogens is 2. The third-order valence-corrected chi connectivity index (χ3v) is 1.46. The minimum atomic E-state index is -2.83. The molecule has 0 saturated carbocycles. The molecule has 0 aliphatic carbocycles. The van der Waals surface area contributed by atoms with Crippen LogP contribution in [-0.2, 0) is 0 Å². The number of rotatable bonds is 2. The van der Waals surface area contributed by atoms with Crippen molar-refractivity contribution >= 4 is 5.91 Å². The number of pyridine rings is 1. The molecule has 0 unspecified atom stereocenters. The van der Waals surface area contributed by atoms with Gasteiger partial charge in [0.25, 0.3) is 6.43 Å². The molecule has 0 aromatic carbocycles. The summed E-state index contributed by atoms with van der Waals surface area (Å²) in [6, 6.07) is 0.754. The summed E-state index contributed by atoms with van der Waals surface area (Å²) in [6.07, 6.45) is -2.05. The highest BCUT2D eigenvalue weighted by molar-refractivity contribution is 5.94. The molecule has 0 bridgehead atoms. The molecule has 1 heterocycles. The summed E-state index contributed by atoms with van der Waals surface area (Å²) in [5.41, 5.74) is 3.15. The molecule has 13 heavy (non-hydrogen) atoms. The van der Waals surface area contributed by atoms with Gasteiger partial charge in [-0.25, -0.2) is 8.78 Å². The largest absolute Gasteiger partial charge is 0.366 e. The highest BCUT2D eigenvalue weighted by atomic mass is 19.3. The molecule has 0 aliphatic rings. The summed E-state index contributed by atoms with van der Waals surface area (Å²) in [7, 11) is 0. The van der Waals surface area contributed by atoms with E-state index in [2.05, 4.69) is 0 Å². The second-order valence-electron chi connectivity index (χ2n) is 2.33. The number of hydrogen-bond acceptors (Lipinski definition) is 2. The molecular formula is C7H6F2N2O2. The molecule has 1 aromatic rings. The lowest BCUT2D eigenvalue weighted by atomic mass is 10.1. The molecule has 0 aliphatic heterocycles. The van der Waals surface area contributed by atoms with Gasteiger partial charge in [0.15, 0.2) is 0 Å². The smallest absolute Gasteiger partial charge is 0.266 e. The van der Waals surface area contributed by atoms with Gasteiger partial charge in [0.2, 0.25) is 11.5 Å². The molecule has 1 rings (SSSR count). The fourth-order valence-electron chi connectivity index (χ4n) is 0.877. The molecule has 0 atom stereocenters. The predicted molar refractivity (Wildman–Crippen MR) is 40.5 cm³/mol. The van der Waals surface area contributed by atoms with E-state index in [1.165, 1.54) is 0 Å². The van der Waals surface area contributed by atoms with Gasteiger partial charge in [0, 0.05) is 17.8 Å². The lowest BCUT2D eigenvalue weighted by molar-refractivity contribution is 0.0985. The van der Waals surface area contributed by atoms with E-state index in [9.17, 15) is 18.4 Å². The Morgan fingerprint density at radius 3 is 2.62 bits per heavy atom. The Bertz CT molecular complexity index is 386. The number of H-pyrrole nitrogens is 1. The van der Waals surface area contributed by atoms with Gasteiger partial charge in [-0.15, -0.1) is 0 Å². The number of amides is 1. The van der Waals surface area contributed by atoms with Crippen molar-refractivity contribution in [3.05, 3.63) is 33.7 Å². The normalized spacial score (nSPS) is 10.4. The first-order valence-electron chi connectivity index (χ1n) is 3.33. The number of primary amides is 1. The van der Waals surface area contributed by atoms with Crippen LogP contribution in [0.5, 0.6) is 0 Å². The molecule has 0 spiro atoms. The molecule has 70 valence electrons. The number of nitrogens with two attached hydrogens (primary N) is 1. The van der Waals surface area contributed by atoms with E-state index in [0.29, 0.717) is 0 Å².